The molecule has 0 bridgehead atoms. The molecule has 1 atom stereocenters. The van der Waals surface area contributed by atoms with Crippen molar-refractivity contribution < 1.29 is 4.79 Å². The summed E-state index contributed by atoms with van der Waals surface area (Å²) in [5, 5.41) is 2.98. The maximum atomic E-state index is 12.1. The number of benzene rings is 1. The van der Waals surface area contributed by atoms with Crippen LogP contribution in [-0.2, 0) is 11.3 Å². The first kappa shape index (κ1) is 16.0. The summed E-state index contributed by atoms with van der Waals surface area (Å²) in [5.41, 5.74) is 2.25. The van der Waals surface area contributed by atoms with E-state index in [1.54, 1.807) is 6.20 Å². The van der Waals surface area contributed by atoms with Crippen molar-refractivity contribution in [2.24, 2.45) is 0 Å². The molecule has 22 heavy (non-hydrogen) atoms. The van der Waals surface area contributed by atoms with E-state index in [4.69, 9.17) is 0 Å². The van der Waals surface area contributed by atoms with E-state index >= 15 is 0 Å². The molecule has 0 saturated carbocycles. The number of carbonyl (C=O) groups is 1. The van der Waals surface area contributed by atoms with E-state index in [0.717, 1.165) is 11.4 Å². The quantitative estimate of drug-likeness (QED) is 0.891. The summed E-state index contributed by atoms with van der Waals surface area (Å²) < 4.78 is 0. The molecule has 1 aromatic carbocycles. The lowest BCUT2D eigenvalue weighted by molar-refractivity contribution is -0.121. The van der Waals surface area contributed by atoms with Gasteiger partial charge < -0.3 is 10.2 Å². The third kappa shape index (κ3) is 4.58. The van der Waals surface area contributed by atoms with Crippen molar-refractivity contribution in [1.29, 1.82) is 0 Å². The van der Waals surface area contributed by atoms with Crippen LogP contribution in [0.4, 0.5) is 5.82 Å². The Hall–Kier alpha value is -2.36. The summed E-state index contributed by atoms with van der Waals surface area (Å²) in [6.45, 7) is 2.61. The molecule has 116 valence electrons. The monoisotopic (exact) mass is 297 g/mol. The fourth-order valence-electron chi connectivity index (χ4n) is 2.27. The Morgan fingerprint density at radius 1 is 1.23 bits per heavy atom. The highest BCUT2D eigenvalue weighted by Crippen LogP contribution is 2.18. The summed E-state index contributed by atoms with van der Waals surface area (Å²) in [4.78, 5) is 18.3. The third-order valence-electron chi connectivity index (χ3n) is 3.62. The lowest BCUT2D eigenvalue weighted by Crippen LogP contribution is -2.24. The van der Waals surface area contributed by atoms with Gasteiger partial charge in [-0.3, -0.25) is 4.79 Å². The fraction of sp³-hybridized carbons (Fsp3) is 0.333. The van der Waals surface area contributed by atoms with Crippen LogP contribution in [0.25, 0.3) is 0 Å². The number of nitrogens with one attached hydrogen (secondary N) is 1. The number of hydrogen-bond acceptors (Lipinski definition) is 3. The first-order chi connectivity index (χ1) is 10.6. The maximum absolute atomic E-state index is 12.1. The van der Waals surface area contributed by atoms with Crippen molar-refractivity contribution in [1.82, 2.24) is 10.3 Å². The molecule has 2 aromatic rings. The number of hydrogen-bond donors (Lipinski definition) is 1. The van der Waals surface area contributed by atoms with Gasteiger partial charge in [-0.25, -0.2) is 4.98 Å². The highest BCUT2D eigenvalue weighted by molar-refractivity contribution is 5.76. The van der Waals surface area contributed by atoms with E-state index in [1.807, 2.05) is 49.3 Å². The predicted octanol–water partition coefficient (Wildman–Crippen LogP) is 2.96. The molecule has 1 amide bonds. The average Bonchev–Trinajstić information content (AvgIpc) is 2.54. The Kier molecular flexibility index (Phi) is 5.53. The van der Waals surface area contributed by atoms with Gasteiger partial charge in [-0.2, -0.15) is 0 Å². The molecule has 0 fully saturated rings. The molecule has 2 rings (SSSR count). The fourth-order valence-corrected chi connectivity index (χ4v) is 2.27. The van der Waals surface area contributed by atoms with Gasteiger partial charge in [0, 0.05) is 33.3 Å². The van der Waals surface area contributed by atoms with Crippen LogP contribution in [0.5, 0.6) is 0 Å². The van der Waals surface area contributed by atoms with Crippen molar-refractivity contribution >= 4 is 11.7 Å². The van der Waals surface area contributed by atoms with Gasteiger partial charge in [0.15, 0.2) is 0 Å². The molecule has 1 N–H and O–H groups in total. The standard InChI is InChI=1S/C18H23N3O/c1-14(16-7-5-4-6-8-16)11-18(22)20-13-15-9-10-19-17(12-15)21(2)3/h4-10,12,14H,11,13H2,1-3H3,(H,20,22)/t14-/m0/s1. The van der Waals surface area contributed by atoms with E-state index in [9.17, 15) is 4.79 Å². The summed E-state index contributed by atoms with van der Waals surface area (Å²) in [6.07, 6.45) is 2.26. The largest absolute Gasteiger partial charge is 0.363 e. The zero-order chi connectivity index (χ0) is 15.9. The minimum atomic E-state index is 0.0690. The maximum Gasteiger partial charge on any atom is 0.220 e. The molecule has 0 saturated heterocycles. The molecule has 4 nitrogen and oxygen atoms in total. The van der Waals surface area contributed by atoms with Crippen molar-refractivity contribution in [3.05, 3.63) is 59.8 Å². The van der Waals surface area contributed by atoms with E-state index in [1.165, 1.54) is 5.56 Å². The number of aromatic nitrogens is 1. The number of rotatable bonds is 6. The second-order valence-corrected chi connectivity index (χ2v) is 5.71. The summed E-state index contributed by atoms with van der Waals surface area (Å²) in [7, 11) is 3.90. The van der Waals surface area contributed by atoms with Crippen LogP contribution in [0.15, 0.2) is 48.7 Å². The topological polar surface area (TPSA) is 45.2 Å². The Morgan fingerprint density at radius 3 is 2.64 bits per heavy atom. The SMILES string of the molecule is C[C@@H](CC(=O)NCc1ccnc(N(C)C)c1)c1ccccc1. The van der Waals surface area contributed by atoms with Crippen LogP contribution in [0.1, 0.15) is 30.4 Å². The molecule has 0 spiro atoms. The number of pyridine rings is 1. The molecular weight excluding hydrogens is 274 g/mol. The zero-order valence-electron chi connectivity index (χ0n) is 13.4. The second-order valence-electron chi connectivity index (χ2n) is 5.71. The van der Waals surface area contributed by atoms with Crippen LogP contribution in [0.3, 0.4) is 0 Å². The van der Waals surface area contributed by atoms with Crippen LogP contribution >= 0.6 is 0 Å². The van der Waals surface area contributed by atoms with Crippen molar-refractivity contribution in [2.75, 3.05) is 19.0 Å². The Labute approximate surface area is 132 Å². The number of nitrogens with zero attached hydrogens (tertiary/aromatic N) is 2. The third-order valence-corrected chi connectivity index (χ3v) is 3.62. The van der Waals surface area contributed by atoms with Crippen LogP contribution in [0, 0.1) is 0 Å². The van der Waals surface area contributed by atoms with Gasteiger partial charge in [-0.05, 0) is 29.2 Å². The normalized spacial score (nSPS) is 11.8. The highest BCUT2D eigenvalue weighted by atomic mass is 16.1. The predicted molar refractivity (Wildman–Crippen MR) is 89.9 cm³/mol. The van der Waals surface area contributed by atoms with Crippen molar-refractivity contribution in [3.63, 3.8) is 0 Å². The first-order valence-corrected chi connectivity index (χ1v) is 7.50. The van der Waals surface area contributed by atoms with Gasteiger partial charge in [0.2, 0.25) is 5.91 Å². The van der Waals surface area contributed by atoms with Gasteiger partial charge in [0.25, 0.3) is 0 Å². The van der Waals surface area contributed by atoms with Gasteiger partial charge >= 0.3 is 0 Å². The Balaban J connectivity index is 1.86. The van der Waals surface area contributed by atoms with Gasteiger partial charge in [-0.15, -0.1) is 0 Å². The highest BCUT2D eigenvalue weighted by Gasteiger charge is 2.10. The van der Waals surface area contributed by atoms with E-state index < -0.39 is 0 Å². The van der Waals surface area contributed by atoms with Gasteiger partial charge in [0.05, 0.1) is 0 Å². The lowest BCUT2D eigenvalue weighted by Gasteiger charge is -2.14. The lowest BCUT2D eigenvalue weighted by atomic mass is 9.97. The van der Waals surface area contributed by atoms with Crippen molar-refractivity contribution in [3.8, 4) is 0 Å². The average molecular weight is 297 g/mol. The van der Waals surface area contributed by atoms with Gasteiger partial charge in [-0.1, -0.05) is 37.3 Å². The summed E-state index contributed by atoms with van der Waals surface area (Å²) >= 11 is 0. The zero-order valence-corrected chi connectivity index (χ0v) is 13.4. The van der Waals surface area contributed by atoms with Crippen LogP contribution < -0.4 is 10.2 Å². The minimum Gasteiger partial charge on any atom is -0.363 e. The molecule has 1 aromatic heterocycles. The molecular formula is C18H23N3O. The van der Waals surface area contributed by atoms with Crippen molar-refractivity contribution in [2.45, 2.75) is 25.8 Å². The number of amides is 1. The molecule has 4 heteroatoms. The Morgan fingerprint density at radius 2 is 1.95 bits per heavy atom. The summed E-state index contributed by atoms with van der Waals surface area (Å²) in [6, 6.07) is 14.0. The van der Waals surface area contributed by atoms with Crippen LogP contribution in [0.2, 0.25) is 0 Å². The number of carbonyl (C=O) groups excluding carboxylic acids is 1. The van der Waals surface area contributed by atoms with E-state index in [-0.39, 0.29) is 11.8 Å². The first-order valence-electron chi connectivity index (χ1n) is 7.50. The molecule has 0 aliphatic heterocycles. The molecule has 0 unspecified atom stereocenters. The summed E-state index contributed by atoms with van der Waals surface area (Å²) in [5.74, 6) is 1.18. The molecule has 0 aliphatic carbocycles. The van der Waals surface area contributed by atoms with Crippen LogP contribution in [-0.4, -0.2) is 25.0 Å². The molecule has 0 radical (unpaired) electrons. The van der Waals surface area contributed by atoms with E-state index in [2.05, 4.69) is 29.4 Å². The minimum absolute atomic E-state index is 0.0690. The Bertz CT molecular complexity index is 611. The number of anilines is 1. The second kappa shape index (κ2) is 7.59. The molecule has 0 aliphatic rings. The molecule has 1 heterocycles. The van der Waals surface area contributed by atoms with E-state index in [0.29, 0.717) is 13.0 Å². The smallest absolute Gasteiger partial charge is 0.220 e. The van der Waals surface area contributed by atoms with Gasteiger partial charge in [0.1, 0.15) is 5.82 Å².